The molecule has 1 N–H and O–H groups in total. The molecule has 0 aliphatic rings. The molecular formula is C10H10BrNS2. The lowest BCUT2D eigenvalue weighted by molar-refractivity contribution is 1.15. The summed E-state index contributed by atoms with van der Waals surface area (Å²) < 4.78 is 1.20. The first-order valence-electron chi connectivity index (χ1n) is 4.24. The zero-order valence-electron chi connectivity index (χ0n) is 7.71. The molecule has 1 nitrogen and oxygen atoms in total. The number of halogens is 1. The SMILES string of the molecule is Cc1cscc1NCc1cscc1Br. The van der Waals surface area contributed by atoms with E-state index in [4.69, 9.17) is 0 Å². The maximum atomic E-state index is 3.52. The summed E-state index contributed by atoms with van der Waals surface area (Å²) in [6.45, 7) is 3.02. The van der Waals surface area contributed by atoms with Crippen LogP contribution in [0.4, 0.5) is 5.69 Å². The molecule has 14 heavy (non-hydrogen) atoms. The number of rotatable bonds is 3. The number of hydrogen-bond donors (Lipinski definition) is 1. The Balaban J connectivity index is 2.02. The van der Waals surface area contributed by atoms with E-state index in [2.05, 4.69) is 49.7 Å². The molecule has 0 atom stereocenters. The number of hydrogen-bond acceptors (Lipinski definition) is 3. The second-order valence-electron chi connectivity index (χ2n) is 3.07. The lowest BCUT2D eigenvalue weighted by Gasteiger charge is -2.04. The van der Waals surface area contributed by atoms with Crippen LogP contribution in [0.1, 0.15) is 11.1 Å². The molecule has 0 amide bonds. The summed E-state index contributed by atoms with van der Waals surface area (Å²) in [5.41, 5.74) is 3.88. The van der Waals surface area contributed by atoms with Gasteiger partial charge >= 0.3 is 0 Å². The van der Waals surface area contributed by atoms with Crippen molar-refractivity contribution in [1.29, 1.82) is 0 Å². The molecule has 0 bridgehead atoms. The maximum Gasteiger partial charge on any atom is 0.0481 e. The van der Waals surface area contributed by atoms with Gasteiger partial charge in [0, 0.05) is 27.5 Å². The summed E-state index contributed by atoms with van der Waals surface area (Å²) in [7, 11) is 0. The largest absolute Gasteiger partial charge is 0.380 e. The minimum atomic E-state index is 0.891. The van der Waals surface area contributed by atoms with Gasteiger partial charge in [-0.1, -0.05) is 0 Å². The van der Waals surface area contributed by atoms with Crippen molar-refractivity contribution in [2.24, 2.45) is 0 Å². The van der Waals surface area contributed by atoms with E-state index in [1.165, 1.54) is 21.3 Å². The van der Waals surface area contributed by atoms with E-state index in [-0.39, 0.29) is 0 Å². The van der Waals surface area contributed by atoms with E-state index < -0.39 is 0 Å². The van der Waals surface area contributed by atoms with Gasteiger partial charge in [-0.2, -0.15) is 11.3 Å². The van der Waals surface area contributed by atoms with Gasteiger partial charge in [-0.25, -0.2) is 0 Å². The van der Waals surface area contributed by atoms with Gasteiger partial charge < -0.3 is 5.32 Å². The molecular weight excluding hydrogens is 278 g/mol. The zero-order valence-corrected chi connectivity index (χ0v) is 10.9. The second kappa shape index (κ2) is 4.47. The smallest absolute Gasteiger partial charge is 0.0481 e. The summed E-state index contributed by atoms with van der Waals surface area (Å²) in [4.78, 5) is 0. The predicted molar refractivity (Wildman–Crippen MR) is 68.4 cm³/mol. The molecule has 0 spiro atoms. The number of anilines is 1. The van der Waals surface area contributed by atoms with Gasteiger partial charge in [0.05, 0.1) is 0 Å². The van der Waals surface area contributed by atoms with Crippen LogP contribution < -0.4 is 5.32 Å². The van der Waals surface area contributed by atoms with Gasteiger partial charge in [0.2, 0.25) is 0 Å². The highest BCUT2D eigenvalue weighted by Crippen LogP contribution is 2.24. The molecule has 0 saturated carbocycles. The third kappa shape index (κ3) is 2.19. The van der Waals surface area contributed by atoms with Crippen LogP contribution >= 0.6 is 38.6 Å². The van der Waals surface area contributed by atoms with Crippen LogP contribution in [-0.4, -0.2) is 0 Å². The summed E-state index contributed by atoms with van der Waals surface area (Å²) in [5.74, 6) is 0. The summed E-state index contributed by atoms with van der Waals surface area (Å²) in [6, 6.07) is 0. The summed E-state index contributed by atoms with van der Waals surface area (Å²) in [5, 5.41) is 12.0. The number of nitrogens with one attached hydrogen (secondary N) is 1. The van der Waals surface area contributed by atoms with Crippen molar-refractivity contribution in [3.63, 3.8) is 0 Å². The first kappa shape index (κ1) is 10.2. The molecule has 74 valence electrons. The Morgan fingerprint density at radius 2 is 2.00 bits per heavy atom. The highest BCUT2D eigenvalue weighted by molar-refractivity contribution is 9.10. The van der Waals surface area contributed by atoms with Crippen LogP contribution in [0.5, 0.6) is 0 Å². The van der Waals surface area contributed by atoms with Gasteiger partial charge in [0.25, 0.3) is 0 Å². The Labute approximate surface area is 99.9 Å². The molecule has 2 aromatic heterocycles. The molecule has 0 saturated heterocycles. The van der Waals surface area contributed by atoms with Crippen LogP contribution in [-0.2, 0) is 6.54 Å². The molecule has 2 heterocycles. The predicted octanol–water partition coefficient (Wildman–Crippen LogP) is 4.49. The summed E-state index contributed by atoms with van der Waals surface area (Å²) >= 11 is 6.98. The van der Waals surface area contributed by atoms with Crippen LogP contribution in [0.2, 0.25) is 0 Å². The Morgan fingerprint density at radius 1 is 1.21 bits per heavy atom. The van der Waals surface area contributed by atoms with Crippen LogP contribution in [0.15, 0.2) is 26.0 Å². The molecule has 0 aliphatic carbocycles. The standard InChI is InChI=1S/C10H10BrNS2/c1-7-3-13-6-10(7)12-2-8-4-14-5-9(8)11/h3-6,12H,2H2,1H3. The Bertz CT molecular complexity index is 379. The van der Waals surface area contributed by atoms with E-state index in [1.807, 2.05) is 0 Å². The molecule has 2 aromatic rings. The third-order valence-corrected chi connectivity index (χ3v) is 4.71. The maximum absolute atomic E-state index is 3.52. The average Bonchev–Trinajstić information content (AvgIpc) is 2.72. The van der Waals surface area contributed by atoms with E-state index >= 15 is 0 Å². The van der Waals surface area contributed by atoms with E-state index in [1.54, 1.807) is 22.7 Å². The first-order valence-corrected chi connectivity index (χ1v) is 6.92. The Hall–Kier alpha value is -0.320. The molecule has 0 aromatic carbocycles. The third-order valence-electron chi connectivity index (χ3n) is 2.01. The average molecular weight is 288 g/mol. The van der Waals surface area contributed by atoms with Crippen molar-refractivity contribution >= 4 is 44.3 Å². The molecule has 4 heteroatoms. The van der Waals surface area contributed by atoms with Crippen molar-refractivity contribution in [3.05, 3.63) is 37.1 Å². The number of aryl methyl sites for hydroxylation is 1. The van der Waals surface area contributed by atoms with Crippen LogP contribution in [0.25, 0.3) is 0 Å². The molecule has 0 fully saturated rings. The minimum Gasteiger partial charge on any atom is -0.380 e. The van der Waals surface area contributed by atoms with E-state index in [9.17, 15) is 0 Å². The van der Waals surface area contributed by atoms with Crippen molar-refractivity contribution in [2.45, 2.75) is 13.5 Å². The Morgan fingerprint density at radius 3 is 2.57 bits per heavy atom. The fourth-order valence-corrected chi connectivity index (χ4v) is 3.41. The van der Waals surface area contributed by atoms with Crippen molar-refractivity contribution in [2.75, 3.05) is 5.32 Å². The fraction of sp³-hybridized carbons (Fsp3) is 0.200. The lowest BCUT2D eigenvalue weighted by Crippen LogP contribution is -1.98. The first-order chi connectivity index (χ1) is 6.77. The topological polar surface area (TPSA) is 12.0 Å². The normalized spacial score (nSPS) is 10.4. The minimum absolute atomic E-state index is 0.891. The van der Waals surface area contributed by atoms with E-state index in [0.717, 1.165) is 6.54 Å². The van der Waals surface area contributed by atoms with Crippen LogP contribution in [0, 0.1) is 6.92 Å². The van der Waals surface area contributed by atoms with Crippen molar-refractivity contribution in [1.82, 2.24) is 0 Å². The van der Waals surface area contributed by atoms with Gasteiger partial charge in [-0.15, -0.1) is 11.3 Å². The lowest BCUT2D eigenvalue weighted by atomic mass is 10.3. The van der Waals surface area contributed by atoms with Gasteiger partial charge in [0.1, 0.15) is 0 Å². The molecule has 2 rings (SSSR count). The Kier molecular flexibility index (Phi) is 3.26. The quantitative estimate of drug-likeness (QED) is 0.877. The zero-order chi connectivity index (χ0) is 9.97. The van der Waals surface area contributed by atoms with Crippen molar-refractivity contribution < 1.29 is 0 Å². The van der Waals surface area contributed by atoms with Gasteiger partial charge in [0.15, 0.2) is 0 Å². The van der Waals surface area contributed by atoms with Crippen LogP contribution in [0.3, 0.4) is 0 Å². The monoisotopic (exact) mass is 287 g/mol. The van der Waals surface area contributed by atoms with E-state index in [0.29, 0.717) is 0 Å². The molecule has 0 aliphatic heterocycles. The summed E-state index contributed by atoms with van der Waals surface area (Å²) in [6.07, 6.45) is 0. The number of thiophene rings is 2. The molecule has 0 radical (unpaired) electrons. The van der Waals surface area contributed by atoms with Gasteiger partial charge in [-0.3, -0.25) is 0 Å². The van der Waals surface area contributed by atoms with Crippen molar-refractivity contribution in [3.8, 4) is 0 Å². The molecule has 0 unspecified atom stereocenters. The second-order valence-corrected chi connectivity index (χ2v) is 5.41. The highest BCUT2D eigenvalue weighted by Gasteiger charge is 2.02. The fourth-order valence-electron chi connectivity index (χ4n) is 1.17. The van der Waals surface area contributed by atoms with Gasteiger partial charge in [-0.05, 0) is 44.7 Å². The highest BCUT2D eigenvalue weighted by atomic mass is 79.9.